The molecular weight excluding hydrogens is 437 g/mol. The molecule has 2 aliphatic heterocycles. The van der Waals surface area contributed by atoms with Crippen molar-refractivity contribution in [2.75, 3.05) is 26.2 Å². The molecule has 0 spiro atoms. The number of benzene rings is 2. The van der Waals surface area contributed by atoms with Gasteiger partial charge in [0, 0.05) is 24.9 Å². The molecule has 33 heavy (non-hydrogen) atoms. The van der Waals surface area contributed by atoms with Gasteiger partial charge < -0.3 is 9.80 Å². The third kappa shape index (κ3) is 3.85. The van der Waals surface area contributed by atoms with Crippen LogP contribution in [0, 0.1) is 11.7 Å². The molecule has 0 bridgehead atoms. The molecule has 2 aliphatic rings. The standard InChI is InChI=1S/C23H19F3N4O3/c24-18-6-5-13(8-19-15-3-1-2-4-16(15)20(31)28-27-19)7-17(18)22(33)29-9-14(10-29)21(32)30-11-23(25,26)12-30/h1-7,14H,8-12H2,(H,28,31). The lowest BCUT2D eigenvalue weighted by molar-refractivity contribution is -0.173. The molecule has 2 aromatic carbocycles. The highest BCUT2D eigenvalue weighted by atomic mass is 19.3. The van der Waals surface area contributed by atoms with Gasteiger partial charge in [-0.15, -0.1) is 0 Å². The van der Waals surface area contributed by atoms with Gasteiger partial charge in [-0.1, -0.05) is 24.3 Å². The number of halogens is 3. The van der Waals surface area contributed by atoms with Crippen molar-refractivity contribution >= 4 is 22.6 Å². The van der Waals surface area contributed by atoms with Gasteiger partial charge in [0.05, 0.1) is 35.7 Å². The number of amides is 2. The Morgan fingerprint density at radius 2 is 1.76 bits per heavy atom. The van der Waals surface area contributed by atoms with E-state index in [1.165, 1.54) is 17.0 Å². The monoisotopic (exact) mass is 456 g/mol. The zero-order valence-corrected chi connectivity index (χ0v) is 17.4. The SMILES string of the molecule is O=C(c1cc(Cc2n[nH]c(=O)c3ccccc23)ccc1F)N1CC(C(=O)N2CC(F)(F)C2)C1. The van der Waals surface area contributed by atoms with Crippen LogP contribution in [0.2, 0.25) is 0 Å². The Labute approximate surface area is 185 Å². The van der Waals surface area contributed by atoms with Gasteiger partial charge in [0.15, 0.2) is 0 Å². The molecule has 1 N–H and O–H groups in total. The highest BCUT2D eigenvalue weighted by Crippen LogP contribution is 2.31. The molecule has 0 atom stereocenters. The van der Waals surface area contributed by atoms with Crippen LogP contribution in [0.4, 0.5) is 13.2 Å². The second-order valence-electron chi connectivity index (χ2n) is 8.49. The smallest absolute Gasteiger partial charge is 0.282 e. The molecular formula is C23H19F3N4O3. The number of nitrogens with zero attached hydrogens (tertiary/aromatic N) is 3. The maximum Gasteiger partial charge on any atom is 0.282 e. The lowest BCUT2D eigenvalue weighted by atomic mass is 9.94. The van der Waals surface area contributed by atoms with Crippen molar-refractivity contribution in [2.24, 2.45) is 5.92 Å². The summed E-state index contributed by atoms with van der Waals surface area (Å²) in [7, 11) is 0. The molecule has 10 heteroatoms. The Bertz CT molecular complexity index is 1330. The summed E-state index contributed by atoms with van der Waals surface area (Å²) >= 11 is 0. The fraction of sp³-hybridized carbons (Fsp3) is 0.304. The highest BCUT2D eigenvalue weighted by Gasteiger charge is 2.49. The van der Waals surface area contributed by atoms with Gasteiger partial charge in [0.1, 0.15) is 5.82 Å². The van der Waals surface area contributed by atoms with Crippen molar-refractivity contribution in [1.82, 2.24) is 20.0 Å². The van der Waals surface area contributed by atoms with Crippen LogP contribution in [-0.2, 0) is 11.2 Å². The van der Waals surface area contributed by atoms with E-state index in [1.54, 1.807) is 30.3 Å². The third-order valence-corrected chi connectivity index (χ3v) is 6.08. The summed E-state index contributed by atoms with van der Waals surface area (Å²) in [4.78, 5) is 39.4. The number of hydrogen-bond acceptors (Lipinski definition) is 4. The Morgan fingerprint density at radius 3 is 2.45 bits per heavy atom. The minimum absolute atomic E-state index is 0.0650. The molecule has 7 nitrogen and oxygen atoms in total. The van der Waals surface area contributed by atoms with Crippen molar-refractivity contribution in [1.29, 1.82) is 0 Å². The number of nitrogens with one attached hydrogen (secondary N) is 1. The molecule has 3 heterocycles. The number of hydrogen-bond donors (Lipinski definition) is 1. The molecule has 0 unspecified atom stereocenters. The van der Waals surface area contributed by atoms with Crippen LogP contribution in [-0.4, -0.2) is 63.9 Å². The van der Waals surface area contributed by atoms with E-state index < -0.39 is 42.6 Å². The first-order chi connectivity index (χ1) is 15.7. The van der Waals surface area contributed by atoms with Crippen LogP contribution in [0.5, 0.6) is 0 Å². The van der Waals surface area contributed by atoms with Crippen LogP contribution in [0.1, 0.15) is 21.6 Å². The number of fused-ring (bicyclic) bond motifs is 1. The Morgan fingerprint density at radius 1 is 1.06 bits per heavy atom. The van der Waals surface area contributed by atoms with Crippen LogP contribution in [0.25, 0.3) is 10.8 Å². The number of rotatable bonds is 4. The Hall–Kier alpha value is -3.69. The molecule has 2 saturated heterocycles. The molecule has 0 aliphatic carbocycles. The first-order valence-corrected chi connectivity index (χ1v) is 10.4. The van der Waals surface area contributed by atoms with Gasteiger partial charge in [0.25, 0.3) is 17.4 Å². The topological polar surface area (TPSA) is 86.4 Å². The highest BCUT2D eigenvalue weighted by molar-refractivity contribution is 5.96. The van der Waals surface area contributed by atoms with Crippen LogP contribution < -0.4 is 5.56 Å². The van der Waals surface area contributed by atoms with E-state index in [0.29, 0.717) is 22.0 Å². The van der Waals surface area contributed by atoms with Gasteiger partial charge in [-0.2, -0.15) is 5.10 Å². The first-order valence-electron chi connectivity index (χ1n) is 10.4. The summed E-state index contributed by atoms with van der Waals surface area (Å²) in [5.41, 5.74) is 0.757. The quantitative estimate of drug-likeness (QED) is 0.652. The summed E-state index contributed by atoms with van der Waals surface area (Å²) in [5.74, 6) is -5.06. The summed E-state index contributed by atoms with van der Waals surface area (Å²) in [5, 5.41) is 7.71. The molecule has 2 amide bonds. The summed E-state index contributed by atoms with van der Waals surface area (Å²) in [6, 6.07) is 11.2. The average Bonchev–Trinajstić information content (AvgIpc) is 2.74. The fourth-order valence-corrected chi connectivity index (χ4v) is 4.24. The number of likely N-dealkylation sites (tertiary alicyclic amines) is 2. The largest absolute Gasteiger partial charge is 0.337 e. The van der Waals surface area contributed by atoms with Crippen molar-refractivity contribution in [2.45, 2.75) is 12.3 Å². The van der Waals surface area contributed by atoms with Crippen LogP contribution in [0.15, 0.2) is 47.3 Å². The minimum Gasteiger partial charge on any atom is -0.337 e. The lowest BCUT2D eigenvalue weighted by Crippen LogP contribution is -2.64. The van der Waals surface area contributed by atoms with E-state index in [-0.39, 0.29) is 30.6 Å². The molecule has 2 fully saturated rings. The summed E-state index contributed by atoms with van der Waals surface area (Å²) < 4.78 is 40.4. The second-order valence-corrected chi connectivity index (χ2v) is 8.49. The van der Waals surface area contributed by atoms with E-state index in [1.807, 2.05) is 0 Å². The van der Waals surface area contributed by atoms with Crippen molar-refractivity contribution in [3.63, 3.8) is 0 Å². The number of aromatic amines is 1. The van der Waals surface area contributed by atoms with Crippen molar-refractivity contribution in [3.05, 3.63) is 75.5 Å². The van der Waals surface area contributed by atoms with E-state index in [9.17, 15) is 27.6 Å². The predicted molar refractivity (Wildman–Crippen MR) is 112 cm³/mol. The zero-order valence-electron chi connectivity index (χ0n) is 17.4. The number of aromatic nitrogens is 2. The number of carbonyl (C=O) groups excluding carboxylic acids is 2. The average molecular weight is 456 g/mol. The molecule has 5 rings (SSSR count). The molecule has 1 aromatic heterocycles. The van der Waals surface area contributed by atoms with E-state index in [2.05, 4.69) is 10.2 Å². The Kier molecular flexibility index (Phi) is 4.95. The molecule has 170 valence electrons. The van der Waals surface area contributed by atoms with Gasteiger partial charge in [-0.05, 0) is 23.8 Å². The van der Waals surface area contributed by atoms with E-state index >= 15 is 0 Å². The maximum absolute atomic E-state index is 14.4. The zero-order chi connectivity index (χ0) is 23.3. The van der Waals surface area contributed by atoms with Gasteiger partial charge >= 0.3 is 0 Å². The second kappa shape index (κ2) is 7.72. The number of carbonyl (C=O) groups is 2. The molecule has 3 aromatic rings. The number of alkyl halides is 2. The fourth-order valence-electron chi connectivity index (χ4n) is 4.24. The van der Waals surface area contributed by atoms with E-state index in [4.69, 9.17) is 0 Å². The molecule has 0 radical (unpaired) electrons. The van der Waals surface area contributed by atoms with Gasteiger partial charge in [0.2, 0.25) is 5.91 Å². The normalized spacial score (nSPS) is 17.5. The number of H-pyrrole nitrogens is 1. The summed E-state index contributed by atoms with van der Waals surface area (Å²) in [6.45, 7) is -1.06. The van der Waals surface area contributed by atoms with Crippen molar-refractivity contribution in [3.8, 4) is 0 Å². The minimum atomic E-state index is -2.84. The molecule has 0 saturated carbocycles. The lowest BCUT2D eigenvalue weighted by Gasteiger charge is -2.45. The van der Waals surface area contributed by atoms with E-state index in [0.717, 1.165) is 4.90 Å². The van der Waals surface area contributed by atoms with Gasteiger partial charge in [-0.25, -0.2) is 18.3 Å². The van der Waals surface area contributed by atoms with Gasteiger partial charge in [-0.3, -0.25) is 14.4 Å². The maximum atomic E-state index is 14.4. The first kappa shape index (κ1) is 21.2. The van der Waals surface area contributed by atoms with Crippen LogP contribution >= 0.6 is 0 Å². The predicted octanol–water partition coefficient (Wildman–Crippen LogP) is 2.20. The Balaban J connectivity index is 1.30. The third-order valence-electron chi connectivity index (χ3n) is 6.08. The van der Waals surface area contributed by atoms with Crippen LogP contribution in [0.3, 0.4) is 0 Å². The van der Waals surface area contributed by atoms with Crippen molar-refractivity contribution < 1.29 is 22.8 Å². The summed E-state index contributed by atoms with van der Waals surface area (Å²) in [6.07, 6.45) is 0.266.